The number of rotatable bonds is 8. The van der Waals surface area contributed by atoms with Gasteiger partial charge in [-0.05, 0) is 50.6 Å². The summed E-state index contributed by atoms with van der Waals surface area (Å²) < 4.78 is 7.99. The molecule has 1 aliphatic rings. The van der Waals surface area contributed by atoms with Crippen LogP contribution in [0.5, 0.6) is 0 Å². The lowest BCUT2D eigenvalue weighted by atomic mass is 10.0. The minimum Gasteiger partial charge on any atom is -0.376 e. The van der Waals surface area contributed by atoms with E-state index in [9.17, 15) is 4.79 Å². The fourth-order valence-electron chi connectivity index (χ4n) is 3.81. The van der Waals surface area contributed by atoms with E-state index in [0.717, 1.165) is 40.9 Å². The number of carbonyl (C=O) groups is 1. The van der Waals surface area contributed by atoms with Crippen LogP contribution in [0.25, 0.3) is 10.7 Å². The molecule has 32 heavy (non-hydrogen) atoms. The van der Waals surface area contributed by atoms with Crippen molar-refractivity contribution >= 4 is 29.0 Å². The van der Waals surface area contributed by atoms with E-state index in [-0.39, 0.29) is 17.6 Å². The van der Waals surface area contributed by atoms with E-state index in [0.29, 0.717) is 18.8 Å². The Labute approximate surface area is 198 Å². The summed E-state index contributed by atoms with van der Waals surface area (Å²) in [6.07, 6.45) is 2.30. The summed E-state index contributed by atoms with van der Waals surface area (Å²) in [6.45, 7) is 8.34. The van der Waals surface area contributed by atoms with Gasteiger partial charge in [-0.15, -0.1) is 21.5 Å². The van der Waals surface area contributed by atoms with Crippen LogP contribution in [0.2, 0.25) is 0 Å². The fraction of sp³-hybridized carbons (Fsp3) is 0.458. The molecule has 6 nitrogen and oxygen atoms in total. The molecule has 1 unspecified atom stereocenters. The highest BCUT2D eigenvalue weighted by molar-refractivity contribution is 7.99. The molecule has 3 heterocycles. The number of thioether (sulfide) groups is 1. The minimum atomic E-state index is -0.277. The molecular weight excluding hydrogens is 440 g/mol. The molecule has 0 spiro atoms. The van der Waals surface area contributed by atoms with Crippen molar-refractivity contribution in [1.29, 1.82) is 0 Å². The maximum absolute atomic E-state index is 13.3. The van der Waals surface area contributed by atoms with Crippen molar-refractivity contribution in [3.63, 3.8) is 0 Å². The van der Waals surface area contributed by atoms with Crippen LogP contribution in [0.3, 0.4) is 0 Å². The number of nitrogens with zero attached hydrogens (tertiary/aromatic N) is 4. The molecule has 8 heteroatoms. The molecule has 0 N–H and O–H groups in total. The average molecular weight is 471 g/mol. The Morgan fingerprint density at radius 1 is 1.22 bits per heavy atom. The van der Waals surface area contributed by atoms with Crippen molar-refractivity contribution < 1.29 is 9.53 Å². The van der Waals surface area contributed by atoms with Gasteiger partial charge < -0.3 is 9.64 Å². The van der Waals surface area contributed by atoms with Gasteiger partial charge in [-0.25, -0.2) is 0 Å². The van der Waals surface area contributed by atoms with Crippen LogP contribution in [0, 0.1) is 0 Å². The molecule has 1 saturated heterocycles. The Bertz CT molecular complexity index is 1010. The van der Waals surface area contributed by atoms with Gasteiger partial charge in [0.2, 0.25) is 5.91 Å². The Balaban J connectivity index is 1.50. The molecule has 1 atom stereocenters. The highest BCUT2D eigenvalue weighted by atomic mass is 32.2. The van der Waals surface area contributed by atoms with Gasteiger partial charge in [-0.2, -0.15) is 0 Å². The van der Waals surface area contributed by atoms with Gasteiger partial charge in [0.15, 0.2) is 11.0 Å². The third kappa shape index (κ3) is 5.60. The van der Waals surface area contributed by atoms with Crippen LogP contribution in [0.15, 0.2) is 53.0 Å². The van der Waals surface area contributed by atoms with Crippen molar-refractivity contribution in [2.24, 2.45) is 0 Å². The predicted molar refractivity (Wildman–Crippen MR) is 130 cm³/mol. The minimum absolute atomic E-state index is 0.0932. The Morgan fingerprint density at radius 2 is 2.03 bits per heavy atom. The molecule has 1 amide bonds. The first-order chi connectivity index (χ1) is 15.4. The molecule has 1 aromatic carbocycles. The predicted octanol–water partition coefficient (Wildman–Crippen LogP) is 5.11. The summed E-state index contributed by atoms with van der Waals surface area (Å²) in [5.41, 5.74) is 0.850. The highest BCUT2D eigenvalue weighted by Gasteiger charge is 2.28. The number of amides is 1. The fourth-order valence-corrected chi connectivity index (χ4v) is 5.35. The van der Waals surface area contributed by atoms with Crippen LogP contribution in [0.4, 0.5) is 0 Å². The Hall–Kier alpha value is -2.16. The van der Waals surface area contributed by atoms with Crippen molar-refractivity contribution in [3.8, 4) is 10.7 Å². The topological polar surface area (TPSA) is 60.2 Å². The maximum Gasteiger partial charge on any atom is 0.233 e. The van der Waals surface area contributed by atoms with Gasteiger partial charge in [0.05, 0.1) is 23.3 Å². The van der Waals surface area contributed by atoms with Crippen LogP contribution in [-0.4, -0.2) is 49.6 Å². The zero-order chi connectivity index (χ0) is 22.6. The first-order valence-corrected chi connectivity index (χ1v) is 12.8. The number of aromatic nitrogens is 3. The van der Waals surface area contributed by atoms with Crippen molar-refractivity contribution in [1.82, 2.24) is 19.7 Å². The Kier molecular flexibility index (Phi) is 7.33. The molecular formula is C24H30N4O2S2. The molecule has 4 rings (SSSR count). The quantitative estimate of drug-likeness (QED) is 0.429. The lowest BCUT2D eigenvalue weighted by Gasteiger charge is -2.36. The van der Waals surface area contributed by atoms with E-state index in [1.54, 1.807) is 11.3 Å². The third-order valence-corrected chi connectivity index (χ3v) is 7.30. The lowest BCUT2D eigenvalue weighted by Crippen LogP contribution is -2.46. The van der Waals surface area contributed by atoms with E-state index in [4.69, 9.17) is 4.74 Å². The normalized spacial score (nSPS) is 16.4. The summed E-state index contributed by atoms with van der Waals surface area (Å²) in [4.78, 5) is 16.3. The van der Waals surface area contributed by atoms with Gasteiger partial charge in [0.25, 0.3) is 0 Å². The second-order valence-corrected chi connectivity index (χ2v) is 10.8. The van der Waals surface area contributed by atoms with Crippen LogP contribution >= 0.6 is 23.1 Å². The largest absolute Gasteiger partial charge is 0.376 e. The highest BCUT2D eigenvalue weighted by Crippen LogP contribution is 2.30. The van der Waals surface area contributed by atoms with Crippen LogP contribution in [0.1, 0.15) is 39.2 Å². The number of hydrogen-bond donors (Lipinski definition) is 0. The standard InChI is InChI=1S/C24H30N4O2S2/c1-24(2,3)28(15-18-9-5-4-6-10-18)21(29)17-32-23-26-25-22(20-12-8-14-31-20)27(23)16-19-11-7-13-30-19/h4-6,8-10,12,14,19H,7,11,13,15-17H2,1-3H3. The molecule has 3 aromatic rings. The van der Waals surface area contributed by atoms with E-state index < -0.39 is 0 Å². The SMILES string of the molecule is CC(C)(C)N(Cc1ccccc1)C(=O)CSc1nnc(-c2cccs2)n1CC1CCCO1. The molecule has 0 radical (unpaired) electrons. The number of ether oxygens (including phenoxy) is 1. The molecule has 0 bridgehead atoms. The van der Waals surface area contributed by atoms with Gasteiger partial charge in [-0.3, -0.25) is 9.36 Å². The summed E-state index contributed by atoms with van der Waals surface area (Å²) in [6, 6.07) is 14.2. The molecule has 2 aromatic heterocycles. The van der Waals surface area contributed by atoms with Crippen molar-refractivity contribution in [2.75, 3.05) is 12.4 Å². The van der Waals surface area contributed by atoms with Crippen molar-refractivity contribution in [2.45, 2.75) is 63.5 Å². The van der Waals surface area contributed by atoms with Crippen LogP contribution < -0.4 is 0 Å². The second kappa shape index (κ2) is 10.2. The monoisotopic (exact) mass is 470 g/mol. The number of hydrogen-bond acceptors (Lipinski definition) is 6. The van der Waals surface area contributed by atoms with Gasteiger partial charge >= 0.3 is 0 Å². The van der Waals surface area contributed by atoms with Crippen molar-refractivity contribution in [3.05, 3.63) is 53.4 Å². The number of benzene rings is 1. The molecule has 1 fully saturated rings. The van der Waals surface area contributed by atoms with E-state index in [1.165, 1.54) is 11.8 Å². The van der Waals surface area contributed by atoms with E-state index in [1.807, 2.05) is 34.5 Å². The van der Waals surface area contributed by atoms with Gasteiger partial charge in [0.1, 0.15) is 0 Å². The number of carbonyl (C=O) groups excluding carboxylic acids is 1. The Morgan fingerprint density at radius 3 is 2.69 bits per heavy atom. The van der Waals surface area contributed by atoms with E-state index >= 15 is 0 Å². The lowest BCUT2D eigenvalue weighted by molar-refractivity contribution is -0.133. The zero-order valence-electron chi connectivity index (χ0n) is 18.9. The first-order valence-electron chi connectivity index (χ1n) is 11.0. The van der Waals surface area contributed by atoms with Gasteiger partial charge in [0, 0.05) is 18.7 Å². The van der Waals surface area contributed by atoms with E-state index in [2.05, 4.69) is 53.7 Å². The maximum atomic E-state index is 13.3. The molecule has 0 saturated carbocycles. The summed E-state index contributed by atoms with van der Waals surface area (Å²) >= 11 is 3.11. The molecule has 0 aliphatic carbocycles. The third-order valence-electron chi connectivity index (χ3n) is 5.49. The summed E-state index contributed by atoms with van der Waals surface area (Å²) in [7, 11) is 0. The molecule has 1 aliphatic heterocycles. The second-order valence-electron chi connectivity index (χ2n) is 8.95. The van der Waals surface area contributed by atoms with Gasteiger partial charge in [-0.1, -0.05) is 48.2 Å². The molecule has 170 valence electrons. The summed E-state index contributed by atoms with van der Waals surface area (Å²) in [5.74, 6) is 1.26. The van der Waals surface area contributed by atoms with Crippen LogP contribution in [-0.2, 0) is 22.6 Å². The first kappa shape index (κ1) is 23.0. The smallest absolute Gasteiger partial charge is 0.233 e. The number of thiophene rings is 1. The zero-order valence-corrected chi connectivity index (χ0v) is 20.5. The average Bonchev–Trinajstić information content (AvgIpc) is 3.53. The summed E-state index contributed by atoms with van der Waals surface area (Å²) in [5, 5.41) is 11.7.